The van der Waals surface area contributed by atoms with E-state index in [0.29, 0.717) is 24.6 Å². The minimum atomic E-state index is -0.368. The van der Waals surface area contributed by atoms with Gasteiger partial charge in [0.15, 0.2) is 6.61 Å². The molecule has 23 heavy (non-hydrogen) atoms. The molecule has 1 aromatic carbocycles. The molecule has 6 heteroatoms. The third-order valence-electron chi connectivity index (χ3n) is 3.35. The molecule has 1 amide bonds. The van der Waals surface area contributed by atoms with Crippen LogP contribution in [0, 0.1) is 5.92 Å². The smallest absolute Gasteiger partial charge is 0.310 e. The molecule has 0 saturated carbocycles. The number of esters is 1. The predicted octanol–water partition coefficient (Wildman–Crippen LogP) is 2.12. The first-order chi connectivity index (χ1) is 11.0. The first-order valence-electron chi connectivity index (χ1n) is 7.64. The Bertz CT molecular complexity index is 517. The van der Waals surface area contributed by atoms with Gasteiger partial charge in [0.2, 0.25) is 0 Å². The van der Waals surface area contributed by atoms with Gasteiger partial charge in [-0.1, -0.05) is 19.9 Å². The molecule has 1 aromatic rings. The highest BCUT2D eigenvalue weighted by atomic mass is 16.5. The van der Waals surface area contributed by atoms with Gasteiger partial charge < -0.3 is 19.1 Å². The number of rotatable bonds is 9. The molecule has 0 aliphatic rings. The van der Waals surface area contributed by atoms with E-state index in [1.165, 1.54) is 7.11 Å². The zero-order chi connectivity index (χ0) is 17.2. The van der Waals surface area contributed by atoms with Crippen molar-refractivity contribution in [1.82, 2.24) is 4.90 Å². The molecule has 0 N–H and O–H groups in total. The molecule has 0 aromatic heterocycles. The number of carbonyl (C=O) groups is 2. The van der Waals surface area contributed by atoms with Crippen molar-refractivity contribution in [2.45, 2.75) is 20.3 Å². The van der Waals surface area contributed by atoms with E-state index in [1.807, 2.05) is 6.92 Å². The lowest BCUT2D eigenvalue weighted by atomic mass is 10.1. The summed E-state index contributed by atoms with van der Waals surface area (Å²) in [4.78, 5) is 25.5. The summed E-state index contributed by atoms with van der Waals surface area (Å²) in [6.45, 7) is 4.53. The zero-order valence-electron chi connectivity index (χ0n) is 14.2. The predicted molar refractivity (Wildman–Crippen MR) is 86.5 cm³/mol. The highest BCUT2D eigenvalue weighted by Crippen LogP contribution is 2.18. The Morgan fingerprint density at radius 3 is 2.52 bits per heavy atom. The van der Waals surface area contributed by atoms with Gasteiger partial charge in [-0.2, -0.15) is 0 Å². The van der Waals surface area contributed by atoms with E-state index in [1.54, 1.807) is 43.2 Å². The second-order valence-corrected chi connectivity index (χ2v) is 5.23. The molecular weight excluding hydrogens is 298 g/mol. The number of hydrogen-bond donors (Lipinski definition) is 0. The van der Waals surface area contributed by atoms with E-state index in [4.69, 9.17) is 14.2 Å². The van der Waals surface area contributed by atoms with Gasteiger partial charge >= 0.3 is 5.97 Å². The SMILES string of the molecule is CCCN(CC(C)C(=O)OC)C(=O)COc1cccc(OC)c1. The van der Waals surface area contributed by atoms with Crippen LogP contribution in [-0.2, 0) is 14.3 Å². The van der Waals surface area contributed by atoms with Gasteiger partial charge in [-0.15, -0.1) is 0 Å². The monoisotopic (exact) mass is 323 g/mol. The second-order valence-electron chi connectivity index (χ2n) is 5.23. The van der Waals surface area contributed by atoms with Crippen molar-refractivity contribution >= 4 is 11.9 Å². The minimum absolute atomic E-state index is 0.0823. The first-order valence-corrected chi connectivity index (χ1v) is 7.64. The topological polar surface area (TPSA) is 65.1 Å². The van der Waals surface area contributed by atoms with E-state index >= 15 is 0 Å². The lowest BCUT2D eigenvalue weighted by Crippen LogP contribution is -2.40. The van der Waals surface area contributed by atoms with Crippen molar-refractivity contribution in [3.63, 3.8) is 0 Å². The fourth-order valence-electron chi connectivity index (χ4n) is 2.12. The van der Waals surface area contributed by atoms with E-state index in [2.05, 4.69) is 0 Å². The molecule has 0 heterocycles. The molecule has 0 saturated heterocycles. The van der Waals surface area contributed by atoms with E-state index in [9.17, 15) is 9.59 Å². The number of benzene rings is 1. The molecule has 128 valence electrons. The lowest BCUT2D eigenvalue weighted by Gasteiger charge is -2.24. The van der Waals surface area contributed by atoms with Gasteiger partial charge in [-0.3, -0.25) is 9.59 Å². The average Bonchev–Trinajstić information content (AvgIpc) is 2.58. The third kappa shape index (κ3) is 6.18. The molecule has 0 radical (unpaired) electrons. The Labute approximate surface area is 137 Å². The van der Waals surface area contributed by atoms with E-state index in [0.717, 1.165) is 6.42 Å². The van der Waals surface area contributed by atoms with Crippen LogP contribution >= 0.6 is 0 Å². The standard InChI is InChI=1S/C17H25NO5/c1-5-9-18(11-13(2)17(20)22-4)16(19)12-23-15-8-6-7-14(10-15)21-3/h6-8,10,13H,5,9,11-12H2,1-4H3. The normalized spacial score (nSPS) is 11.5. The maximum Gasteiger partial charge on any atom is 0.310 e. The third-order valence-corrected chi connectivity index (χ3v) is 3.35. The summed E-state index contributed by atoms with van der Waals surface area (Å²) in [7, 11) is 2.91. The quantitative estimate of drug-likeness (QED) is 0.651. The van der Waals surface area contributed by atoms with Gasteiger partial charge in [0.25, 0.3) is 5.91 Å². The summed E-state index contributed by atoms with van der Waals surface area (Å²) in [6.07, 6.45) is 0.804. The Hall–Kier alpha value is -2.24. The fraction of sp³-hybridized carbons (Fsp3) is 0.529. The number of methoxy groups -OCH3 is 2. The van der Waals surface area contributed by atoms with Gasteiger partial charge in [0.1, 0.15) is 11.5 Å². The highest BCUT2D eigenvalue weighted by Gasteiger charge is 2.21. The van der Waals surface area contributed by atoms with Gasteiger partial charge in [-0.25, -0.2) is 0 Å². The molecule has 0 spiro atoms. The van der Waals surface area contributed by atoms with Crippen molar-refractivity contribution in [3.8, 4) is 11.5 Å². The number of amides is 1. The van der Waals surface area contributed by atoms with Gasteiger partial charge in [-0.05, 0) is 18.6 Å². The molecule has 0 aliphatic heterocycles. The number of carbonyl (C=O) groups excluding carboxylic acids is 2. The van der Waals surface area contributed by atoms with Crippen LogP contribution in [0.3, 0.4) is 0 Å². The summed E-state index contributed by atoms with van der Waals surface area (Å²) in [6, 6.07) is 7.07. The number of ether oxygens (including phenoxy) is 3. The van der Waals surface area contributed by atoms with E-state index < -0.39 is 0 Å². The Kier molecular flexibility index (Phi) is 7.94. The van der Waals surface area contributed by atoms with Crippen LogP contribution in [0.5, 0.6) is 11.5 Å². The molecule has 1 atom stereocenters. The molecular formula is C17H25NO5. The van der Waals surface area contributed by atoms with Crippen LogP contribution < -0.4 is 9.47 Å². The number of hydrogen-bond acceptors (Lipinski definition) is 5. The Morgan fingerprint density at radius 2 is 1.91 bits per heavy atom. The maximum atomic E-state index is 12.3. The first kappa shape index (κ1) is 18.8. The Morgan fingerprint density at radius 1 is 1.22 bits per heavy atom. The summed E-state index contributed by atoms with van der Waals surface area (Å²) < 4.78 is 15.3. The molecule has 0 bridgehead atoms. The molecule has 1 rings (SSSR count). The summed E-state index contributed by atoms with van der Waals surface area (Å²) >= 11 is 0. The molecule has 1 unspecified atom stereocenters. The van der Waals surface area contributed by atoms with Crippen LogP contribution in [0.1, 0.15) is 20.3 Å². The van der Waals surface area contributed by atoms with Gasteiger partial charge in [0, 0.05) is 19.2 Å². The molecule has 0 aliphatic carbocycles. The van der Waals surface area contributed by atoms with Crippen molar-refractivity contribution in [3.05, 3.63) is 24.3 Å². The van der Waals surface area contributed by atoms with Gasteiger partial charge in [0.05, 0.1) is 20.1 Å². The maximum absolute atomic E-state index is 12.3. The fourth-order valence-corrected chi connectivity index (χ4v) is 2.12. The zero-order valence-corrected chi connectivity index (χ0v) is 14.2. The van der Waals surface area contributed by atoms with Crippen molar-refractivity contribution in [2.24, 2.45) is 5.92 Å². The van der Waals surface area contributed by atoms with Crippen LogP contribution in [0.2, 0.25) is 0 Å². The lowest BCUT2D eigenvalue weighted by molar-refractivity contribution is -0.146. The second kappa shape index (κ2) is 9.71. The Balaban J connectivity index is 2.61. The average molecular weight is 323 g/mol. The van der Waals surface area contributed by atoms with Crippen molar-refractivity contribution in [2.75, 3.05) is 33.9 Å². The van der Waals surface area contributed by atoms with Crippen LogP contribution in [0.15, 0.2) is 24.3 Å². The largest absolute Gasteiger partial charge is 0.497 e. The molecule has 0 fully saturated rings. The van der Waals surface area contributed by atoms with Crippen molar-refractivity contribution in [1.29, 1.82) is 0 Å². The van der Waals surface area contributed by atoms with Crippen LogP contribution in [0.4, 0.5) is 0 Å². The highest BCUT2D eigenvalue weighted by molar-refractivity contribution is 5.79. The van der Waals surface area contributed by atoms with Crippen LogP contribution in [0.25, 0.3) is 0 Å². The summed E-state index contributed by atoms with van der Waals surface area (Å²) in [5.41, 5.74) is 0. The number of nitrogens with zero attached hydrogens (tertiary/aromatic N) is 1. The minimum Gasteiger partial charge on any atom is -0.497 e. The van der Waals surface area contributed by atoms with Crippen molar-refractivity contribution < 1.29 is 23.8 Å². The summed E-state index contributed by atoms with van der Waals surface area (Å²) in [5.74, 6) is 0.375. The molecule has 6 nitrogen and oxygen atoms in total. The summed E-state index contributed by atoms with van der Waals surface area (Å²) in [5, 5.41) is 0. The van der Waals surface area contributed by atoms with E-state index in [-0.39, 0.29) is 24.4 Å². The van der Waals surface area contributed by atoms with Crippen LogP contribution in [-0.4, -0.2) is 50.7 Å².